The van der Waals surface area contributed by atoms with E-state index in [1.165, 1.54) is 11.3 Å². The Bertz CT molecular complexity index is 1100. The Hall–Kier alpha value is -3.76. The molecule has 0 aliphatic carbocycles. The molecule has 1 fully saturated rings. The molecule has 1 aromatic heterocycles. The van der Waals surface area contributed by atoms with Crippen LogP contribution in [0.2, 0.25) is 0 Å². The fourth-order valence-electron chi connectivity index (χ4n) is 3.73. The van der Waals surface area contributed by atoms with Gasteiger partial charge in [0.25, 0.3) is 5.91 Å². The molecule has 0 radical (unpaired) electrons. The molecular formula is C25H26N6O. The number of hydrogen-bond donors (Lipinski definition) is 1. The summed E-state index contributed by atoms with van der Waals surface area (Å²) in [6.45, 7) is 4.29. The standard InChI is InChI=1S/C25H26N6O/c1-30-14-16-31(17-15-30)22-8-2-19(3-9-22)18-24-27-12-10-23(29-24)20-4-6-21(7-5-20)25(32)28-13-11-26/h2-10,12H,13-18H2,1H3,(H,28,32). The number of aromatic nitrogens is 2. The molecule has 4 rings (SSSR count). The van der Waals surface area contributed by atoms with Gasteiger partial charge in [0, 0.05) is 55.6 Å². The topological polar surface area (TPSA) is 85.1 Å². The molecule has 7 nitrogen and oxygen atoms in total. The lowest BCUT2D eigenvalue weighted by atomic mass is 10.1. The summed E-state index contributed by atoms with van der Waals surface area (Å²) in [7, 11) is 2.16. The number of nitrogens with one attached hydrogen (secondary N) is 1. The van der Waals surface area contributed by atoms with Crippen molar-refractivity contribution >= 4 is 11.6 Å². The predicted molar refractivity (Wildman–Crippen MR) is 124 cm³/mol. The van der Waals surface area contributed by atoms with Crippen LogP contribution in [0.15, 0.2) is 60.8 Å². The Kier molecular flexibility index (Phi) is 6.73. The number of benzene rings is 2. The summed E-state index contributed by atoms with van der Waals surface area (Å²) in [5.41, 5.74) is 4.67. The van der Waals surface area contributed by atoms with Crippen molar-refractivity contribution in [3.8, 4) is 17.3 Å². The summed E-state index contributed by atoms with van der Waals surface area (Å²) in [5, 5.41) is 11.1. The van der Waals surface area contributed by atoms with Crippen LogP contribution in [0.3, 0.4) is 0 Å². The molecule has 2 aromatic carbocycles. The molecule has 1 aliphatic heterocycles. The van der Waals surface area contributed by atoms with Gasteiger partial charge in [0.15, 0.2) is 0 Å². The Balaban J connectivity index is 1.42. The Morgan fingerprint density at radius 2 is 1.75 bits per heavy atom. The molecule has 2 heterocycles. The lowest BCUT2D eigenvalue weighted by molar-refractivity contribution is 0.0958. The molecule has 7 heteroatoms. The van der Waals surface area contributed by atoms with E-state index in [4.69, 9.17) is 10.2 Å². The third-order valence-corrected chi connectivity index (χ3v) is 5.64. The fourth-order valence-corrected chi connectivity index (χ4v) is 3.73. The Labute approximate surface area is 188 Å². The minimum Gasteiger partial charge on any atom is -0.369 e. The molecule has 0 unspecified atom stereocenters. The van der Waals surface area contributed by atoms with Gasteiger partial charge >= 0.3 is 0 Å². The van der Waals surface area contributed by atoms with E-state index in [1.807, 2.05) is 24.3 Å². The molecule has 162 valence electrons. The van der Waals surface area contributed by atoms with Crippen LogP contribution < -0.4 is 10.2 Å². The maximum Gasteiger partial charge on any atom is 0.252 e. The first-order chi connectivity index (χ1) is 15.6. The molecule has 0 atom stereocenters. The second-order valence-corrected chi connectivity index (χ2v) is 7.91. The van der Waals surface area contributed by atoms with Gasteiger partial charge in [-0.05, 0) is 42.9 Å². The highest BCUT2D eigenvalue weighted by atomic mass is 16.1. The van der Waals surface area contributed by atoms with Crippen molar-refractivity contribution in [1.82, 2.24) is 20.2 Å². The molecule has 1 N–H and O–H groups in total. The maximum absolute atomic E-state index is 12.0. The summed E-state index contributed by atoms with van der Waals surface area (Å²) >= 11 is 0. The monoisotopic (exact) mass is 426 g/mol. The molecule has 0 bridgehead atoms. The van der Waals surface area contributed by atoms with E-state index in [0.717, 1.165) is 43.3 Å². The van der Waals surface area contributed by atoms with Gasteiger partial charge < -0.3 is 15.1 Å². The molecule has 0 saturated carbocycles. The highest BCUT2D eigenvalue weighted by Gasteiger charge is 2.14. The van der Waals surface area contributed by atoms with Crippen molar-refractivity contribution in [3.05, 3.63) is 77.7 Å². The molecular weight excluding hydrogens is 400 g/mol. The molecule has 1 amide bonds. The first-order valence-electron chi connectivity index (χ1n) is 10.7. The average molecular weight is 427 g/mol. The highest BCUT2D eigenvalue weighted by Crippen LogP contribution is 2.20. The van der Waals surface area contributed by atoms with Crippen molar-refractivity contribution in [2.45, 2.75) is 6.42 Å². The average Bonchev–Trinajstić information content (AvgIpc) is 2.84. The summed E-state index contributed by atoms with van der Waals surface area (Å²) in [6, 6.07) is 19.6. The van der Waals surface area contributed by atoms with E-state index in [0.29, 0.717) is 12.0 Å². The minimum atomic E-state index is -0.263. The van der Waals surface area contributed by atoms with Gasteiger partial charge in [-0.15, -0.1) is 0 Å². The zero-order valence-corrected chi connectivity index (χ0v) is 18.2. The third-order valence-electron chi connectivity index (χ3n) is 5.64. The number of anilines is 1. The van der Waals surface area contributed by atoms with Crippen LogP contribution in [0.4, 0.5) is 5.69 Å². The smallest absolute Gasteiger partial charge is 0.252 e. The molecule has 0 spiro atoms. The van der Waals surface area contributed by atoms with Gasteiger partial charge in [0.1, 0.15) is 12.4 Å². The van der Waals surface area contributed by atoms with Gasteiger partial charge in [0.2, 0.25) is 0 Å². The summed E-state index contributed by atoms with van der Waals surface area (Å²) < 4.78 is 0. The van der Waals surface area contributed by atoms with Gasteiger partial charge in [-0.1, -0.05) is 24.3 Å². The van der Waals surface area contributed by atoms with Gasteiger partial charge in [-0.2, -0.15) is 5.26 Å². The maximum atomic E-state index is 12.0. The highest BCUT2D eigenvalue weighted by molar-refractivity contribution is 5.94. The third kappa shape index (κ3) is 5.29. The zero-order chi connectivity index (χ0) is 22.3. The van der Waals surface area contributed by atoms with E-state index >= 15 is 0 Å². The second-order valence-electron chi connectivity index (χ2n) is 7.91. The number of rotatable bonds is 6. The quantitative estimate of drug-likeness (QED) is 0.610. The first-order valence-corrected chi connectivity index (χ1v) is 10.7. The first kappa shape index (κ1) is 21.5. The predicted octanol–water partition coefficient (Wildman–Crippen LogP) is 2.74. The molecule has 3 aromatic rings. The number of hydrogen-bond acceptors (Lipinski definition) is 6. The number of likely N-dealkylation sites (N-methyl/N-ethyl adjacent to an activating group) is 1. The summed E-state index contributed by atoms with van der Waals surface area (Å²) in [4.78, 5) is 25.9. The number of carbonyl (C=O) groups is 1. The van der Waals surface area contributed by atoms with E-state index in [2.05, 4.69) is 51.4 Å². The van der Waals surface area contributed by atoms with Gasteiger partial charge in [-0.25, -0.2) is 9.97 Å². The van der Waals surface area contributed by atoms with Crippen LogP contribution in [-0.2, 0) is 6.42 Å². The van der Waals surface area contributed by atoms with Crippen LogP contribution in [0, 0.1) is 11.3 Å². The lowest BCUT2D eigenvalue weighted by Crippen LogP contribution is -2.44. The van der Waals surface area contributed by atoms with Crippen LogP contribution >= 0.6 is 0 Å². The van der Waals surface area contributed by atoms with E-state index < -0.39 is 0 Å². The van der Waals surface area contributed by atoms with Gasteiger partial charge in [0.05, 0.1) is 11.8 Å². The Morgan fingerprint density at radius 3 is 2.44 bits per heavy atom. The normalized spacial score (nSPS) is 14.1. The van der Waals surface area contributed by atoms with E-state index in [9.17, 15) is 4.79 Å². The van der Waals surface area contributed by atoms with Crippen LogP contribution in [0.1, 0.15) is 21.7 Å². The van der Waals surface area contributed by atoms with Crippen LogP contribution in [-0.4, -0.2) is 60.5 Å². The number of nitrogens with zero attached hydrogens (tertiary/aromatic N) is 5. The number of amides is 1. The van der Waals surface area contributed by atoms with Crippen molar-refractivity contribution in [2.24, 2.45) is 0 Å². The SMILES string of the molecule is CN1CCN(c2ccc(Cc3nccc(-c4ccc(C(=O)NCC#N)cc4)n3)cc2)CC1. The van der Waals surface area contributed by atoms with Crippen molar-refractivity contribution < 1.29 is 4.79 Å². The molecule has 1 saturated heterocycles. The largest absolute Gasteiger partial charge is 0.369 e. The van der Waals surface area contributed by atoms with Crippen molar-refractivity contribution in [2.75, 3.05) is 44.7 Å². The number of piperazine rings is 1. The Morgan fingerprint density at radius 1 is 1.03 bits per heavy atom. The summed E-state index contributed by atoms with van der Waals surface area (Å²) in [5.74, 6) is 0.493. The van der Waals surface area contributed by atoms with Crippen LogP contribution in [0.25, 0.3) is 11.3 Å². The molecule has 1 aliphatic rings. The minimum absolute atomic E-state index is 0.00773. The molecule has 32 heavy (non-hydrogen) atoms. The van der Waals surface area contributed by atoms with E-state index in [-0.39, 0.29) is 12.5 Å². The van der Waals surface area contributed by atoms with Gasteiger partial charge in [-0.3, -0.25) is 4.79 Å². The lowest BCUT2D eigenvalue weighted by Gasteiger charge is -2.34. The van der Waals surface area contributed by atoms with Crippen LogP contribution in [0.5, 0.6) is 0 Å². The zero-order valence-electron chi connectivity index (χ0n) is 18.2. The fraction of sp³-hybridized carbons (Fsp3) is 0.280. The second kappa shape index (κ2) is 10.0. The number of carbonyl (C=O) groups excluding carboxylic acids is 1. The van der Waals surface area contributed by atoms with E-state index in [1.54, 1.807) is 18.3 Å². The summed E-state index contributed by atoms with van der Waals surface area (Å²) in [6.07, 6.45) is 2.43. The van der Waals surface area contributed by atoms with Crippen molar-refractivity contribution in [1.29, 1.82) is 5.26 Å². The number of nitriles is 1. The van der Waals surface area contributed by atoms with Crippen molar-refractivity contribution in [3.63, 3.8) is 0 Å².